The van der Waals surface area contributed by atoms with Crippen LogP contribution in [0.25, 0.3) is 0 Å². The first-order chi connectivity index (χ1) is 7.77. The molecule has 0 saturated carbocycles. The van der Waals surface area contributed by atoms with Crippen LogP contribution in [0.1, 0.15) is 0 Å². The number of benzene rings is 1. The molecule has 0 aliphatic carbocycles. The van der Waals surface area contributed by atoms with E-state index in [2.05, 4.69) is 16.6 Å². The molecule has 0 fully saturated rings. The summed E-state index contributed by atoms with van der Waals surface area (Å²) in [7, 11) is 1.56. The van der Waals surface area contributed by atoms with Gasteiger partial charge in [0.05, 0.1) is 25.9 Å². The fourth-order valence-electron chi connectivity index (χ4n) is 1.19. The van der Waals surface area contributed by atoms with Gasteiger partial charge in [-0.2, -0.15) is 0 Å². The Morgan fingerprint density at radius 2 is 2.25 bits per heavy atom. The summed E-state index contributed by atoms with van der Waals surface area (Å²) in [4.78, 5) is 11.5. The molecule has 1 amide bonds. The Balaban J connectivity index is 2.53. The summed E-state index contributed by atoms with van der Waals surface area (Å²) in [6.07, 6.45) is 5.05. The first kappa shape index (κ1) is 12.1. The van der Waals surface area contributed by atoms with E-state index in [1.807, 2.05) is 12.1 Å². The van der Waals surface area contributed by atoms with Gasteiger partial charge in [0, 0.05) is 0 Å². The van der Waals surface area contributed by atoms with Gasteiger partial charge in [-0.1, -0.05) is 18.1 Å². The van der Waals surface area contributed by atoms with Gasteiger partial charge in [-0.3, -0.25) is 10.1 Å². The normalized spacial score (nSPS) is 9.25. The highest BCUT2D eigenvalue weighted by atomic mass is 16.5. The van der Waals surface area contributed by atoms with E-state index in [4.69, 9.17) is 11.2 Å². The average molecular weight is 218 g/mol. The zero-order valence-electron chi connectivity index (χ0n) is 9.12. The number of ether oxygens (including phenoxy) is 1. The van der Waals surface area contributed by atoms with Crippen LogP contribution < -0.4 is 15.4 Å². The predicted molar refractivity (Wildman–Crippen MR) is 63.3 cm³/mol. The second-order valence-electron chi connectivity index (χ2n) is 3.06. The molecule has 4 nitrogen and oxygen atoms in total. The lowest BCUT2D eigenvalue weighted by molar-refractivity contribution is -0.115. The fourth-order valence-corrected chi connectivity index (χ4v) is 1.19. The molecule has 0 heterocycles. The third-order valence-corrected chi connectivity index (χ3v) is 1.89. The van der Waals surface area contributed by atoms with Gasteiger partial charge < -0.3 is 10.1 Å². The van der Waals surface area contributed by atoms with E-state index >= 15 is 0 Å². The molecule has 4 heteroatoms. The van der Waals surface area contributed by atoms with E-state index in [0.29, 0.717) is 18.0 Å². The molecule has 1 aromatic rings. The van der Waals surface area contributed by atoms with Gasteiger partial charge in [-0.05, 0) is 12.1 Å². The van der Waals surface area contributed by atoms with E-state index in [1.54, 1.807) is 19.2 Å². The summed E-state index contributed by atoms with van der Waals surface area (Å²) < 4.78 is 5.10. The minimum Gasteiger partial charge on any atom is -0.495 e. The lowest BCUT2D eigenvalue weighted by Crippen LogP contribution is -2.28. The highest BCUT2D eigenvalue weighted by Crippen LogP contribution is 2.22. The average Bonchev–Trinajstić information content (AvgIpc) is 2.30. The number of para-hydroxylation sites is 2. The first-order valence-corrected chi connectivity index (χ1v) is 4.85. The molecular weight excluding hydrogens is 204 g/mol. The first-order valence-electron chi connectivity index (χ1n) is 4.85. The van der Waals surface area contributed by atoms with Crippen molar-refractivity contribution in [1.29, 1.82) is 0 Å². The molecule has 0 aliphatic heterocycles. The number of nitrogens with one attached hydrogen (secondary N) is 2. The van der Waals surface area contributed by atoms with Gasteiger partial charge in [-0.25, -0.2) is 0 Å². The van der Waals surface area contributed by atoms with Crippen LogP contribution in [0.5, 0.6) is 5.75 Å². The van der Waals surface area contributed by atoms with Crippen molar-refractivity contribution < 1.29 is 9.53 Å². The van der Waals surface area contributed by atoms with Gasteiger partial charge in [0.25, 0.3) is 0 Å². The van der Waals surface area contributed by atoms with Gasteiger partial charge in [0.1, 0.15) is 5.75 Å². The largest absolute Gasteiger partial charge is 0.495 e. The highest BCUT2D eigenvalue weighted by Gasteiger charge is 2.05. The molecule has 0 bridgehead atoms. The molecule has 0 aliphatic rings. The number of carbonyl (C=O) groups excluding carboxylic acids is 1. The Hall–Kier alpha value is -1.99. The van der Waals surface area contributed by atoms with Gasteiger partial charge in [-0.15, -0.1) is 6.42 Å². The second-order valence-corrected chi connectivity index (χ2v) is 3.06. The molecule has 16 heavy (non-hydrogen) atoms. The minimum atomic E-state index is -0.153. The van der Waals surface area contributed by atoms with E-state index in [-0.39, 0.29) is 12.5 Å². The van der Waals surface area contributed by atoms with Crippen LogP contribution in [0.3, 0.4) is 0 Å². The van der Waals surface area contributed by atoms with Crippen LogP contribution in [0.4, 0.5) is 5.69 Å². The third kappa shape index (κ3) is 3.64. The topological polar surface area (TPSA) is 50.4 Å². The van der Waals surface area contributed by atoms with Crippen molar-refractivity contribution in [2.24, 2.45) is 0 Å². The van der Waals surface area contributed by atoms with E-state index < -0.39 is 0 Å². The van der Waals surface area contributed by atoms with Gasteiger partial charge in [0.15, 0.2) is 0 Å². The monoisotopic (exact) mass is 218 g/mol. The van der Waals surface area contributed by atoms with E-state index in [0.717, 1.165) is 0 Å². The van der Waals surface area contributed by atoms with Crippen LogP contribution in [0.2, 0.25) is 0 Å². The summed E-state index contributed by atoms with van der Waals surface area (Å²) in [5.74, 6) is 2.87. The maximum absolute atomic E-state index is 11.5. The maximum Gasteiger partial charge on any atom is 0.238 e. The smallest absolute Gasteiger partial charge is 0.238 e. The van der Waals surface area contributed by atoms with Crippen molar-refractivity contribution in [3.05, 3.63) is 24.3 Å². The predicted octanol–water partition coefficient (Wildman–Crippen LogP) is 0.856. The number of rotatable bonds is 5. The fraction of sp³-hybridized carbons (Fsp3) is 0.250. The molecule has 0 radical (unpaired) electrons. The number of hydrogen-bond donors (Lipinski definition) is 2. The quantitative estimate of drug-likeness (QED) is 0.569. The molecule has 0 unspecified atom stereocenters. The highest BCUT2D eigenvalue weighted by molar-refractivity contribution is 5.93. The molecular formula is C12H14N2O2. The second kappa shape index (κ2) is 6.49. The zero-order valence-corrected chi connectivity index (χ0v) is 9.12. The molecule has 1 rings (SSSR count). The molecule has 0 aromatic heterocycles. The van der Waals surface area contributed by atoms with Gasteiger partial charge >= 0.3 is 0 Å². The molecule has 0 saturated heterocycles. The molecule has 0 spiro atoms. The Morgan fingerprint density at radius 3 is 2.94 bits per heavy atom. The number of anilines is 1. The third-order valence-electron chi connectivity index (χ3n) is 1.89. The van der Waals surface area contributed by atoms with Crippen molar-refractivity contribution in [3.8, 4) is 18.1 Å². The number of terminal acetylenes is 1. The summed E-state index contributed by atoms with van der Waals surface area (Å²) in [6, 6.07) is 7.22. The van der Waals surface area contributed by atoms with Crippen molar-refractivity contribution in [2.75, 3.05) is 25.5 Å². The van der Waals surface area contributed by atoms with Crippen molar-refractivity contribution in [2.45, 2.75) is 0 Å². The SMILES string of the molecule is C#CCNCC(=O)Nc1ccccc1OC. The van der Waals surface area contributed by atoms with Crippen molar-refractivity contribution >= 4 is 11.6 Å². The zero-order chi connectivity index (χ0) is 11.8. The maximum atomic E-state index is 11.5. The van der Waals surface area contributed by atoms with Crippen LogP contribution in [0, 0.1) is 12.3 Å². The van der Waals surface area contributed by atoms with E-state index in [1.165, 1.54) is 0 Å². The van der Waals surface area contributed by atoms with Crippen LogP contribution in [-0.4, -0.2) is 26.1 Å². The standard InChI is InChI=1S/C12H14N2O2/c1-3-8-13-9-12(15)14-10-6-4-5-7-11(10)16-2/h1,4-7,13H,8-9H2,2H3,(H,14,15). The van der Waals surface area contributed by atoms with Crippen molar-refractivity contribution in [1.82, 2.24) is 5.32 Å². The molecule has 1 aromatic carbocycles. The summed E-state index contributed by atoms with van der Waals surface area (Å²) in [5, 5.41) is 5.53. The Kier molecular flexibility index (Phi) is 4.90. The summed E-state index contributed by atoms with van der Waals surface area (Å²) >= 11 is 0. The molecule has 0 atom stereocenters. The molecule has 84 valence electrons. The Morgan fingerprint density at radius 1 is 1.50 bits per heavy atom. The van der Waals surface area contributed by atoms with Crippen molar-refractivity contribution in [3.63, 3.8) is 0 Å². The summed E-state index contributed by atoms with van der Waals surface area (Å²) in [5.41, 5.74) is 0.650. The van der Waals surface area contributed by atoms with Gasteiger partial charge in [0.2, 0.25) is 5.91 Å². The lowest BCUT2D eigenvalue weighted by atomic mass is 10.3. The van der Waals surface area contributed by atoms with E-state index in [9.17, 15) is 4.79 Å². The lowest BCUT2D eigenvalue weighted by Gasteiger charge is -2.09. The van der Waals surface area contributed by atoms with Crippen LogP contribution >= 0.6 is 0 Å². The molecule has 2 N–H and O–H groups in total. The number of methoxy groups -OCH3 is 1. The number of amides is 1. The Bertz CT molecular complexity index is 396. The number of hydrogen-bond acceptors (Lipinski definition) is 3. The Labute approximate surface area is 95.0 Å². The van der Waals surface area contributed by atoms with Crippen LogP contribution in [-0.2, 0) is 4.79 Å². The minimum absolute atomic E-state index is 0.153. The van der Waals surface area contributed by atoms with Crippen LogP contribution in [0.15, 0.2) is 24.3 Å². The summed E-state index contributed by atoms with van der Waals surface area (Å²) in [6.45, 7) is 0.557. The number of carbonyl (C=O) groups is 1.